The van der Waals surface area contributed by atoms with Gasteiger partial charge in [0.15, 0.2) is 0 Å². The van der Waals surface area contributed by atoms with Crippen molar-refractivity contribution in [2.24, 2.45) is 0 Å². The van der Waals surface area contributed by atoms with Crippen molar-refractivity contribution in [1.29, 1.82) is 0 Å². The van der Waals surface area contributed by atoms with Crippen LogP contribution in [0.3, 0.4) is 0 Å². The number of alkyl halides is 3. The maximum Gasteiger partial charge on any atom is 0.490 e. The highest BCUT2D eigenvalue weighted by molar-refractivity contribution is 7.90. The number of carboxylic acid groups (broad SMARTS) is 1. The van der Waals surface area contributed by atoms with E-state index in [1.54, 1.807) is 4.31 Å². The summed E-state index contributed by atoms with van der Waals surface area (Å²) in [6.07, 6.45) is -0.643. The standard InChI is InChI=1S/C13H24N2O3S.C2HF3O2/c1-14(2)11-9-13(18-10-11)5-7-15(8-6-13)19(16,17)12-3-4-12;3-2(4,5)1(6)7/h11-12H,3-10H2,1-2H3;(H,6,7). The van der Waals surface area contributed by atoms with Crippen LogP contribution in [0.5, 0.6) is 0 Å². The lowest BCUT2D eigenvalue weighted by atomic mass is 9.88. The number of ether oxygens (including phenoxy) is 1. The second-order valence-electron chi connectivity index (χ2n) is 7.26. The molecule has 1 atom stereocenters. The van der Waals surface area contributed by atoms with Crippen molar-refractivity contribution in [3.05, 3.63) is 0 Å². The summed E-state index contributed by atoms with van der Waals surface area (Å²) in [7, 11) is 1.17. The first-order chi connectivity index (χ1) is 11.9. The van der Waals surface area contributed by atoms with Gasteiger partial charge in [-0.1, -0.05) is 0 Å². The number of halogens is 3. The molecule has 0 aromatic carbocycles. The third-order valence-electron chi connectivity index (χ3n) is 5.10. The molecular formula is C15H25F3N2O5S. The number of nitrogens with zero attached hydrogens (tertiary/aromatic N) is 2. The quantitative estimate of drug-likeness (QED) is 0.766. The summed E-state index contributed by atoms with van der Waals surface area (Å²) in [6.45, 7) is 2.06. The van der Waals surface area contributed by atoms with Crippen LogP contribution in [0.25, 0.3) is 0 Å². The molecule has 1 unspecified atom stereocenters. The summed E-state index contributed by atoms with van der Waals surface area (Å²) < 4.78 is 63.9. The van der Waals surface area contributed by atoms with Gasteiger partial charge in [0.2, 0.25) is 10.0 Å². The lowest BCUT2D eigenvalue weighted by Gasteiger charge is -2.38. The first-order valence-electron chi connectivity index (χ1n) is 8.47. The number of piperidine rings is 1. The monoisotopic (exact) mass is 402 g/mol. The first-order valence-corrected chi connectivity index (χ1v) is 9.97. The number of carbonyl (C=O) groups is 1. The Balaban J connectivity index is 0.000000298. The van der Waals surface area contributed by atoms with Gasteiger partial charge in [0.05, 0.1) is 17.5 Å². The van der Waals surface area contributed by atoms with Crippen molar-refractivity contribution in [2.75, 3.05) is 33.8 Å². The van der Waals surface area contributed by atoms with Gasteiger partial charge in [-0.2, -0.15) is 13.2 Å². The number of hydrogen-bond acceptors (Lipinski definition) is 5. The van der Waals surface area contributed by atoms with E-state index in [1.807, 2.05) is 0 Å². The largest absolute Gasteiger partial charge is 0.490 e. The summed E-state index contributed by atoms with van der Waals surface area (Å²) in [5.74, 6) is -2.76. The van der Waals surface area contributed by atoms with Gasteiger partial charge in [0.1, 0.15) is 0 Å². The van der Waals surface area contributed by atoms with Crippen molar-refractivity contribution in [3.8, 4) is 0 Å². The summed E-state index contributed by atoms with van der Waals surface area (Å²) >= 11 is 0. The fourth-order valence-corrected chi connectivity index (χ4v) is 5.07. The molecule has 1 N–H and O–H groups in total. The molecule has 0 radical (unpaired) electrons. The molecule has 7 nitrogen and oxygen atoms in total. The van der Waals surface area contributed by atoms with Crippen LogP contribution in [0.15, 0.2) is 0 Å². The topological polar surface area (TPSA) is 87.2 Å². The molecule has 152 valence electrons. The highest BCUT2D eigenvalue weighted by Crippen LogP contribution is 2.40. The highest BCUT2D eigenvalue weighted by atomic mass is 32.2. The lowest BCUT2D eigenvalue weighted by molar-refractivity contribution is -0.192. The molecule has 2 heterocycles. The molecule has 3 aliphatic rings. The Morgan fingerprint density at radius 2 is 1.73 bits per heavy atom. The third-order valence-corrected chi connectivity index (χ3v) is 7.50. The van der Waals surface area contributed by atoms with Gasteiger partial charge in [-0.25, -0.2) is 17.5 Å². The van der Waals surface area contributed by atoms with Crippen molar-refractivity contribution in [2.45, 2.75) is 55.2 Å². The Morgan fingerprint density at radius 3 is 2.08 bits per heavy atom. The van der Waals surface area contributed by atoms with Crippen molar-refractivity contribution < 1.29 is 36.2 Å². The number of rotatable bonds is 3. The van der Waals surface area contributed by atoms with Gasteiger partial charge >= 0.3 is 12.1 Å². The molecule has 2 aliphatic heterocycles. The van der Waals surface area contributed by atoms with Crippen LogP contribution < -0.4 is 0 Å². The van der Waals surface area contributed by atoms with E-state index in [0.29, 0.717) is 19.1 Å². The average Bonchev–Trinajstić information content (AvgIpc) is 3.31. The maximum atomic E-state index is 12.2. The summed E-state index contributed by atoms with van der Waals surface area (Å²) in [6, 6.07) is 0.478. The fraction of sp³-hybridized carbons (Fsp3) is 0.933. The Hall–Kier alpha value is -0.910. The first kappa shape index (κ1) is 21.4. The predicted octanol–water partition coefficient (Wildman–Crippen LogP) is 1.30. The molecular weight excluding hydrogens is 377 g/mol. The Morgan fingerprint density at radius 1 is 1.23 bits per heavy atom. The van der Waals surface area contributed by atoms with E-state index in [2.05, 4.69) is 19.0 Å². The van der Waals surface area contributed by atoms with Gasteiger partial charge in [-0.05, 0) is 46.2 Å². The van der Waals surface area contributed by atoms with Crippen LogP contribution in [0.4, 0.5) is 13.2 Å². The molecule has 0 aromatic heterocycles. The molecule has 1 spiro atoms. The van der Waals surface area contributed by atoms with Crippen LogP contribution in [0.2, 0.25) is 0 Å². The molecule has 0 aromatic rings. The maximum absolute atomic E-state index is 12.2. The molecule has 11 heteroatoms. The predicted molar refractivity (Wildman–Crippen MR) is 87.2 cm³/mol. The van der Waals surface area contributed by atoms with E-state index in [4.69, 9.17) is 14.6 Å². The minimum absolute atomic E-state index is 0.0650. The molecule has 3 rings (SSSR count). The second-order valence-corrected chi connectivity index (χ2v) is 9.47. The van der Waals surface area contributed by atoms with E-state index in [9.17, 15) is 21.6 Å². The van der Waals surface area contributed by atoms with Gasteiger partial charge in [-0.15, -0.1) is 0 Å². The van der Waals surface area contributed by atoms with Crippen LogP contribution in [0.1, 0.15) is 32.1 Å². The molecule has 1 aliphatic carbocycles. The van der Waals surface area contributed by atoms with Gasteiger partial charge in [0.25, 0.3) is 0 Å². The van der Waals surface area contributed by atoms with Gasteiger partial charge < -0.3 is 14.7 Å². The number of sulfonamides is 1. The third kappa shape index (κ3) is 5.08. The number of aliphatic carboxylic acids is 1. The molecule has 3 fully saturated rings. The second kappa shape index (κ2) is 7.61. The number of likely N-dealkylation sites (N-methyl/N-ethyl adjacent to an activating group) is 1. The molecule has 2 saturated heterocycles. The Bertz CT molecular complexity index is 611. The SMILES string of the molecule is CN(C)C1COC2(CCN(S(=O)(=O)C3CC3)CC2)C1.O=C(O)C(F)(F)F. The molecule has 26 heavy (non-hydrogen) atoms. The zero-order valence-electron chi connectivity index (χ0n) is 14.8. The average molecular weight is 402 g/mol. The van der Waals surface area contributed by atoms with Gasteiger partial charge in [-0.3, -0.25) is 0 Å². The summed E-state index contributed by atoms with van der Waals surface area (Å²) in [5, 5.41) is 7.04. The fourth-order valence-electron chi connectivity index (χ4n) is 3.23. The molecule has 1 saturated carbocycles. The van der Waals surface area contributed by atoms with Crippen molar-refractivity contribution in [3.63, 3.8) is 0 Å². The van der Waals surface area contributed by atoms with Crippen LogP contribution in [0, 0.1) is 0 Å². The summed E-state index contributed by atoms with van der Waals surface area (Å²) in [5.41, 5.74) is -0.0650. The van der Waals surface area contributed by atoms with Crippen molar-refractivity contribution in [1.82, 2.24) is 9.21 Å². The molecule has 0 bridgehead atoms. The minimum atomic E-state index is -5.08. The van der Waals surface area contributed by atoms with Gasteiger partial charge in [0, 0.05) is 19.1 Å². The van der Waals surface area contributed by atoms with Crippen molar-refractivity contribution >= 4 is 16.0 Å². The van der Waals surface area contributed by atoms with Crippen LogP contribution >= 0.6 is 0 Å². The smallest absolute Gasteiger partial charge is 0.475 e. The van der Waals surface area contributed by atoms with E-state index >= 15 is 0 Å². The summed E-state index contributed by atoms with van der Waals surface area (Å²) in [4.78, 5) is 11.1. The van der Waals surface area contributed by atoms with E-state index in [1.165, 1.54) is 0 Å². The Labute approximate surface area is 151 Å². The van der Waals surface area contributed by atoms with Crippen LogP contribution in [-0.4, -0.2) is 85.6 Å². The van der Waals surface area contributed by atoms with Crippen LogP contribution in [-0.2, 0) is 19.6 Å². The number of carboxylic acids is 1. The van der Waals surface area contributed by atoms with E-state index in [0.717, 1.165) is 38.7 Å². The van der Waals surface area contributed by atoms with E-state index < -0.39 is 22.2 Å². The minimum Gasteiger partial charge on any atom is -0.475 e. The zero-order chi connectivity index (χ0) is 19.8. The van der Waals surface area contributed by atoms with E-state index in [-0.39, 0.29) is 10.9 Å². The zero-order valence-corrected chi connectivity index (χ0v) is 15.6. The Kier molecular flexibility index (Phi) is 6.26. The normalized spacial score (nSPS) is 26.6. The lowest BCUT2D eigenvalue weighted by Crippen LogP contribution is -2.47. The molecule has 0 amide bonds. The number of hydrogen-bond donors (Lipinski definition) is 1. The highest BCUT2D eigenvalue weighted by Gasteiger charge is 2.47.